The number of benzene rings is 12. The van der Waals surface area contributed by atoms with Crippen LogP contribution >= 0.6 is 0 Å². The van der Waals surface area contributed by atoms with Gasteiger partial charge < -0.3 is 24.8 Å². The van der Waals surface area contributed by atoms with Crippen molar-refractivity contribution in [2.75, 3.05) is 0 Å². The molecule has 0 spiro atoms. The van der Waals surface area contributed by atoms with Crippen molar-refractivity contribution in [3.63, 3.8) is 0 Å². The molecule has 0 radical (unpaired) electrons. The second-order valence-corrected chi connectivity index (χ2v) is 41.7. The van der Waals surface area contributed by atoms with E-state index in [0.29, 0.717) is 0 Å². The van der Waals surface area contributed by atoms with Gasteiger partial charge in [-0.05, 0) is 0 Å². The fraction of sp³-hybridized carbons (Fsp3) is 0.135. The molecule has 12 aromatic carbocycles. The minimum absolute atomic E-state index is 0. The van der Waals surface area contributed by atoms with Gasteiger partial charge in [-0.1, -0.05) is 0 Å². The Bertz CT molecular complexity index is 4220. The molecule has 0 amide bonds. The molecule has 0 aromatic heterocycles. The number of hydrogen-bond acceptors (Lipinski definition) is 0. The monoisotopic (exact) mass is 1360 g/mol. The van der Waals surface area contributed by atoms with E-state index in [9.17, 15) is 0 Å². The summed E-state index contributed by atoms with van der Waals surface area (Å²) >= 11 is -3.23. The zero-order valence-electron chi connectivity index (χ0n) is 54.7. The van der Waals surface area contributed by atoms with Crippen molar-refractivity contribution >= 4 is 60.8 Å². The first kappa shape index (κ1) is 65.9. The topological polar surface area (TPSA) is 0 Å². The minimum Gasteiger partial charge on any atom is -1.00 e. The standard InChI is InChI=1S/C69H61Si2.C15H14.C5H5.2ClH.Zr/c1-68(2,3)64-48-60-50(46-62(64)58-41-25-27-43-66(58)70(52-29-13-7-14-30-52,53-31-15-8-16-32-53)54-33-17-9-18-34-54)45-51-47-63(65(49-61(51)60)69(4,5)6)59-42-26-28-44-67(59)71(55-35-19-10-20-36-55,56-37-21-11-22-38-56)57-39-23-12-24-40-57;1-3-8-14(9-4-1)12-7-13-15-10-5-2-6-11-15;1-2-4-5-3-1;;;/h7-49H,1-6H3;1-6,8-11H,12-13H2;1-3H,4H2;2*1H;/q;;;;;-2/p-2. The molecule has 2 aliphatic rings. The van der Waals surface area contributed by atoms with Crippen LogP contribution in [0.2, 0.25) is 0 Å². The van der Waals surface area contributed by atoms with Crippen molar-refractivity contribution in [1.82, 2.24) is 0 Å². The van der Waals surface area contributed by atoms with Gasteiger partial charge in [-0.15, -0.1) is 0 Å². The largest absolute Gasteiger partial charge is 1.00 e. The Morgan fingerprint density at radius 3 is 0.915 bits per heavy atom. The summed E-state index contributed by atoms with van der Waals surface area (Å²) < 4.78 is 3.57. The molecule has 0 atom stereocenters. The second-order valence-electron chi connectivity index (χ2n) is 27.4. The number of halogens is 2. The molecule has 2 aliphatic carbocycles. The first-order valence-corrected chi connectivity index (χ1v) is 40.9. The molecule has 0 N–H and O–H groups in total. The van der Waals surface area contributed by atoms with Gasteiger partial charge >= 0.3 is 561 Å². The summed E-state index contributed by atoms with van der Waals surface area (Å²) in [5.74, 6) is 0. The fourth-order valence-corrected chi connectivity index (χ4v) is 34.8. The summed E-state index contributed by atoms with van der Waals surface area (Å²) in [5, 5.41) is 11.1. The zero-order valence-corrected chi connectivity index (χ0v) is 60.7. The van der Waals surface area contributed by atoms with Crippen LogP contribution in [-0.4, -0.2) is 19.4 Å². The maximum atomic E-state index is 2.79. The summed E-state index contributed by atoms with van der Waals surface area (Å²) in [5.41, 5.74) is 16.3. The van der Waals surface area contributed by atoms with Crippen LogP contribution in [0.25, 0.3) is 33.4 Å². The van der Waals surface area contributed by atoms with Crippen LogP contribution in [0.5, 0.6) is 0 Å². The molecule has 0 aliphatic heterocycles. The van der Waals surface area contributed by atoms with Crippen LogP contribution in [0, 0.1) is 0 Å². The normalized spacial score (nSPS) is 12.9. The van der Waals surface area contributed by atoms with Gasteiger partial charge in [0.05, 0.1) is 0 Å². The molecule has 0 saturated heterocycles. The molecule has 0 unspecified atom stereocenters. The van der Waals surface area contributed by atoms with Gasteiger partial charge in [-0.2, -0.15) is 0 Å². The third-order valence-corrected chi connectivity index (χ3v) is 37.7. The van der Waals surface area contributed by atoms with E-state index in [1.54, 1.807) is 6.49 Å². The Morgan fingerprint density at radius 2 is 0.628 bits per heavy atom. The Kier molecular flexibility index (Phi) is 19.7. The summed E-state index contributed by atoms with van der Waals surface area (Å²) in [4.78, 5) is 0. The van der Waals surface area contributed by atoms with E-state index < -0.39 is 37.4 Å². The first-order valence-electron chi connectivity index (χ1n) is 33.0. The Balaban J connectivity index is 0.00000424. The van der Waals surface area contributed by atoms with Crippen molar-refractivity contribution in [3.8, 4) is 33.4 Å². The number of fused-ring (bicyclic) bond motifs is 3. The summed E-state index contributed by atoms with van der Waals surface area (Å²) in [6.45, 7) is 14.7. The second kappa shape index (κ2) is 28.1. The SMILES string of the molecule is CC(C)(C)c1cc2c(cc1-c1ccccc1[Si](c1ccccc1)(c1ccccc1)c1ccccc1)[CH]([Zr-2]([C]1=CC=CC1)=[C](Cc1ccccc1)Cc1ccccc1)c1cc(-c3ccccc3[Si](c3ccccc3)(c3ccccc3)c3ccccc3)c(C(C)(C)C)cc1-2.[Cl-].[Cl-]. The molecule has 0 heterocycles. The van der Waals surface area contributed by atoms with E-state index in [-0.39, 0.29) is 39.3 Å². The van der Waals surface area contributed by atoms with E-state index in [1.165, 1.54) is 108 Å². The number of allylic oxidation sites excluding steroid dienone is 4. The summed E-state index contributed by atoms with van der Waals surface area (Å²) in [7, 11) is -6.07. The van der Waals surface area contributed by atoms with Crippen molar-refractivity contribution in [3.05, 3.63) is 370 Å². The van der Waals surface area contributed by atoms with Crippen LogP contribution < -0.4 is 66.3 Å². The van der Waals surface area contributed by atoms with E-state index in [2.05, 4.69) is 375 Å². The molecule has 12 aromatic rings. The van der Waals surface area contributed by atoms with Crippen LogP contribution in [-0.2, 0) is 44.9 Å². The summed E-state index contributed by atoms with van der Waals surface area (Å²) in [6, 6.07) is 122. The molecule has 0 saturated carbocycles. The van der Waals surface area contributed by atoms with Gasteiger partial charge in [0.2, 0.25) is 0 Å². The molecular weight excluding hydrogens is 1290 g/mol. The Hall–Kier alpha value is -8.11. The Morgan fingerprint density at radius 1 is 0.340 bits per heavy atom. The van der Waals surface area contributed by atoms with Gasteiger partial charge in [0.1, 0.15) is 0 Å². The van der Waals surface area contributed by atoms with Crippen molar-refractivity contribution in [1.29, 1.82) is 0 Å². The van der Waals surface area contributed by atoms with E-state index in [1.807, 2.05) is 0 Å². The molecule has 0 bridgehead atoms. The van der Waals surface area contributed by atoms with Gasteiger partial charge in [0, 0.05) is 0 Å². The van der Waals surface area contributed by atoms with E-state index >= 15 is 0 Å². The maximum Gasteiger partial charge on any atom is -1.00 e. The molecule has 94 heavy (non-hydrogen) atoms. The van der Waals surface area contributed by atoms with Gasteiger partial charge in [-0.25, -0.2) is 0 Å². The molecule has 5 heteroatoms. The average Bonchev–Trinajstić information content (AvgIpc) is 1.31. The number of rotatable bonds is 16. The predicted octanol–water partition coefficient (Wildman–Crippen LogP) is 10.6. The third-order valence-electron chi connectivity index (χ3n) is 19.7. The predicted molar refractivity (Wildman–Crippen MR) is 396 cm³/mol. The molecule has 466 valence electrons. The van der Waals surface area contributed by atoms with E-state index in [4.69, 9.17) is 0 Å². The van der Waals surface area contributed by atoms with Crippen LogP contribution in [0.15, 0.2) is 337 Å². The van der Waals surface area contributed by atoms with Crippen molar-refractivity contribution in [2.45, 2.75) is 75.3 Å². The molecule has 0 nitrogen and oxygen atoms in total. The third kappa shape index (κ3) is 12.3. The van der Waals surface area contributed by atoms with Gasteiger partial charge in [0.25, 0.3) is 0 Å². The van der Waals surface area contributed by atoms with Gasteiger partial charge in [0.15, 0.2) is 0 Å². The summed E-state index contributed by atoms with van der Waals surface area (Å²) in [6.07, 6.45) is 10.3. The molecular formula is C89H80Cl2Si2Zr-4. The smallest absolute Gasteiger partial charge is 1.00 e. The fourth-order valence-electron chi connectivity index (χ4n) is 15.7. The van der Waals surface area contributed by atoms with Gasteiger partial charge in [-0.3, -0.25) is 0 Å². The minimum atomic E-state index is -3.23. The van der Waals surface area contributed by atoms with E-state index in [0.717, 1.165) is 19.3 Å². The molecule has 0 fully saturated rings. The van der Waals surface area contributed by atoms with Crippen LogP contribution in [0.3, 0.4) is 0 Å². The van der Waals surface area contributed by atoms with Crippen LogP contribution in [0.4, 0.5) is 0 Å². The maximum absolute atomic E-state index is 3.23. The van der Waals surface area contributed by atoms with Crippen molar-refractivity contribution in [2.24, 2.45) is 0 Å². The van der Waals surface area contributed by atoms with Crippen LogP contribution in [0.1, 0.15) is 85.0 Å². The zero-order chi connectivity index (χ0) is 62.9. The Labute approximate surface area is 580 Å². The molecule has 14 rings (SSSR count). The average molecular weight is 1370 g/mol. The number of hydrogen-bond donors (Lipinski definition) is 0. The first-order chi connectivity index (χ1) is 44.9. The van der Waals surface area contributed by atoms with Crippen molar-refractivity contribution < 1.29 is 46.1 Å². The quantitative estimate of drug-likeness (QED) is 0.0668.